The van der Waals surface area contributed by atoms with Gasteiger partial charge in [0.1, 0.15) is 11.6 Å². The maximum absolute atomic E-state index is 13.3. The molecule has 0 bridgehead atoms. The van der Waals surface area contributed by atoms with Crippen LogP contribution >= 0.6 is 15.9 Å². The van der Waals surface area contributed by atoms with Crippen LogP contribution in [0.5, 0.6) is 5.75 Å². The van der Waals surface area contributed by atoms with Gasteiger partial charge in [-0.05, 0) is 66.2 Å². The Balaban J connectivity index is 1.82. The van der Waals surface area contributed by atoms with Crippen LogP contribution in [0.4, 0.5) is 10.1 Å². The van der Waals surface area contributed by atoms with E-state index < -0.39 is 0 Å². The average molecular weight is 428 g/mol. The number of benzene rings is 3. The first-order valence-electron chi connectivity index (χ1n) is 8.50. The minimum Gasteiger partial charge on any atom is -0.497 e. The number of rotatable bonds is 7. The van der Waals surface area contributed by atoms with Crippen LogP contribution in [0.1, 0.15) is 28.4 Å². The molecule has 0 saturated heterocycles. The molecule has 3 aromatic rings. The van der Waals surface area contributed by atoms with Crippen molar-refractivity contribution in [2.75, 3.05) is 12.4 Å². The summed E-state index contributed by atoms with van der Waals surface area (Å²) in [5.41, 5.74) is 2.34. The SMILES string of the molecule is COc1ccc(C(=O)CC(Nc2ccc(Br)cc2)c2ccc(F)cc2)cc1. The quantitative estimate of drug-likeness (QED) is 0.468. The summed E-state index contributed by atoms with van der Waals surface area (Å²) in [4.78, 5) is 12.8. The molecule has 0 spiro atoms. The molecule has 0 aliphatic heterocycles. The van der Waals surface area contributed by atoms with Gasteiger partial charge in [-0.25, -0.2) is 4.39 Å². The Morgan fingerprint density at radius 3 is 2.22 bits per heavy atom. The number of hydrogen-bond donors (Lipinski definition) is 1. The second-order valence-electron chi connectivity index (χ2n) is 6.11. The standard InChI is InChI=1S/C22H19BrFNO2/c1-27-20-12-4-16(5-13-20)22(26)14-21(15-2-8-18(24)9-3-15)25-19-10-6-17(23)7-11-19/h2-13,21,25H,14H2,1H3. The topological polar surface area (TPSA) is 38.3 Å². The van der Waals surface area contributed by atoms with Gasteiger partial charge in [-0.1, -0.05) is 28.1 Å². The molecule has 1 unspecified atom stereocenters. The number of carbonyl (C=O) groups excluding carboxylic acids is 1. The zero-order valence-corrected chi connectivity index (χ0v) is 16.4. The van der Waals surface area contributed by atoms with E-state index in [0.717, 1.165) is 15.7 Å². The summed E-state index contributed by atoms with van der Waals surface area (Å²) in [6.45, 7) is 0. The molecule has 0 aliphatic rings. The first-order valence-corrected chi connectivity index (χ1v) is 9.29. The molecule has 0 amide bonds. The molecule has 3 rings (SSSR count). The molecule has 3 nitrogen and oxygen atoms in total. The summed E-state index contributed by atoms with van der Waals surface area (Å²) < 4.78 is 19.4. The Morgan fingerprint density at radius 2 is 1.63 bits per heavy atom. The lowest BCUT2D eigenvalue weighted by molar-refractivity contribution is 0.0976. The maximum atomic E-state index is 13.3. The van der Waals surface area contributed by atoms with Crippen LogP contribution in [-0.4, -0.2) is 12.9 Å². The molecule has 5 heteroatoms. The van der Waals surface area contributed by atoms with Gasteiger partial charge in [-0.2, -0.15) is 0 Å². The monoisotopic (exact) mass is 427 g/mol. The third-order valence-corrected chi connectivity index (χ3v) is 4.79. The highest BCUT2D eigenvalue weighted by Crippen LogP contribution is 2.26. The van der Waals surface area contributed by atoms with E-state index in [2.05, 4.69) is 21.2 Å². The van der Waals surface area contributed by atoms with Crippen LogP contribution in [0.2, 0.25) is 0 Å². The van der Waals surface area contributed by atoms with Crippen molar-refractivity contribution in [1.29, 1.82) is 0 Å². The molecule has 1 N–H and O–H groups in total. The summed E-state index contributed by atoms with van der Waals surface area (Å²) >= 11 is 3.41. The van der Waals surface area contributed by atoms with E-state index in [1.807, 2.05) is 24.3 Å². The van der Waals surface area contributed by atoms with Gasteiger partial charge in [0.25, 0.3) is 0 Å². The van der Waals surface area contributed by atoms with E-state index >= 15 is 0 Å². The fourth-order valence-corrected chi connectivity index (χ4v) is 3.04. The molecule has 0 fully saturated rings. The number of anilines is 1. The van der Waals surface area contributed by atoms with E-state index in [9.17, 15) is 9.18 Å². The average Bonchev–Trinajstić information content (AvgIpc) is 2.70. The molecule has 3 aromatic carbocycles. The predicted octanol–water partition coefficient (Wildman–Crippen LogP) is 6.02. The Morgan fingerprint density at radius 1 is 1.00 bits per heavy atom. The first-order chi connectivity index (χ1) is 13.0. The molecule has 0 heterocycles. The molecule has 0 radical (unpaired) electrons. The predicted molar refractivity (Wildman–Crippen MR) is 109 cm³/mol. The van der Waals surface area contributed by atoms with Crippen molar-refractivity contribution >= 4 is 27.4 Å². The second kappa shape index (κ2) is 8.82. The van der Waals surface area contributed by atoms with E-state index in [1.54, 1.807) is 43.5 Å². The number of ether oxygens (including phenoxy) is 1. The molecular weight excluding hydrogens is 409 g/mol. The highest BCUT2D eigenvalue weighted by atomic mass is 79.9. The summed E-state index contributed by atoms with van der Waals surface area (Å²) in [6, 6.07) is 20.7. The molecule has 0 aromatic heterocycles. The first kappa shape index (κ1) is 19.1. The lowest BCUT2D eigenvalue weighted by atomic mass is 9.97. The van der Waals surface area contributed by atoms with Crippen molar-refractivity contribution in [3.63, 3.8) is 0 Å². The largest absolute Gasteiger partial charge is 0.497 e. The van der Waals surface area contributed by atoms with Gasteiger partial charge >= 0.3 is 0 Å². The van der Waals surface area contributed by atoms with Gasteiger partial charge in [-0.15, -0.1) is 0 Å². The zero-order valence-electron chi connectivity index (χ0n) is 14.8. The molecule has 0 saturated carbocycles. The summed E-state index contributed by atoms with van der Waals surface area (Å²) in [5, 5.41) is 3.38. The summed E-state index contributed by atoms with van der Waals surface area (Å²) in [7, 11) is 1.59. The number of nitrogens with one attached hydrogen (secondary N) is 1. The normalized spacial score (nSPS) is 11.7. The van der Waals surface area contributed by atoms with E-state index in [-0.39, 0.29) is 24.1 Å². The molecule has 0 aliphatic carbocycles. The van der Waals surface area contributed by atoms with Gasteiger partial charge < -0.3 is 10.1 Å². The highest BCUT2D eigenvalue weighted by Gasteiger charge is 2.18. The highest BCUT2D eigenvalue weighted by molar-refractivity contribution is 9.10. The van der Waals surface area contributed by atoms with Crippen LogP contribution in [0, 0.1) is 5.82 Å². The van der Waals surface area contributed by atoms with E-state index in [0.29, 0.717) is 11.3 Å². The van der Waals surface area contributed by atoms with Crippen molar-refractivity contribution in [1.82, 2.24) is 0 Å². The number of carbonyl (C=O) groups is 1. The Kier molecular flexibility index (Phi) is 6.24. The Labute approximate surface area is 166 Å². The van der Waals surface area contributed by atoms with Crippen molar-refractivity contribution < 1.29 is 13.9 Å². The second-order valence-corrected chi connectivity index (χ2v) is 7.03. The summed E-state index contributed by atoms with van der Waals surface area (Å²) in [6.07, 6.45) is 0.244. The Hall–Kier alpha value is -2.66. The zero-order chi connectivity index (χ0) is 19.2. The lowest BCUT2D eigenvalue weighted by Crippen LogP contribution is -2.16. The van der Waals surface area contributed by atoms with Gasteiger partial charge in [0.2, 0.25) is 0 Å². The molecule has 138 valence electrons. The van der Waals surface area contributed by atoms with Gasteiger partial charge in [-0.3, -0.25) is 4.79 Å². The van der Waals surface area contributed by atoms with E-state index in [4.69, 9.17) is 4.74 Å². The number of halogens is 2. The van der Waals surface area contributed by atoms with Gasteiger partial charge in [0.05, 0.1) is 13.2 Å². The lowest BCUT2D eigenvalue weighted by Gasteiger charge is -2.20. The fraction of sp³-hybridized carbons (Fsp3) is 0.136. The fourth-order valence-electron chi connectivity index (χ4n) is 2.77. The minimum absolute atomic E-state index is 0.00316. The Bertz CT molecular complexity index is 893. The van der Waals surface area contributed by atoms with Crippen molar-refractivity contribution in [3.05, 3.63) is 94.2 Å². The maximum Gasteiger partial charge on any atom is 0.165 e. The molecule has 1 atom stereocenters. The van der Waals surface area contributed by atoms with Crippen LogP contribution in [-0.2, 0) is 0 Å². The van der Waals surface area contributed by atoms with E-state index in [1.165, 1.54) is 12.1 Å². The smallest absolute Gasteiger partial charge is 0.165 e. The van der Waals surface area contributed by atoms with Gasteiger partial charge in [0.15, 0.2) is 5.78 Å². The number of ketones is 1. The van der Waals surface area contributed by atoms with Crippen molar-refractivity contribution in [2.45, 2.75) is 12.5 Å². The van der Waals surface area contributed by atoms with Crippen molar-refractivity contribution in [2.24, 2.45) is 0 Å². The third kappa shape index (κ3) is 5.17. The number of hydrogen-bond acceptors (Lipinski definition) is 3. The minimum atomic E-state index is -0.303. The van der Waals surface area contributed by atoms with Crippen LogP contribution in [0.25, 0.3) is 0 Å². The third-order valence-electron chi connectivity index (χ3n) is 4.26. The number of Topliss-reactive ketones (excluding diaryl/α,β-unsaturated/α-hetero) is 1. The van der Waals surface area contributed by atoms with Crippen LogP contribution in [0.3, 0.4) is 0 Å². The molecular formula is C22H19BrFNO2. The number of methoxy groups -OCH3 is 1. The van der Waals surface area contributed by atoms with Crippen LogP contribution in [0.15, 0.2) is 77.3 Å². The van der Waals surface area contributed by atoms with Gasteiger partial charge in [0, 0.05) is 22.1 Å². The molecule has 27 heavy (non-hydrogen) atoms. The van der Waals surface area contributed by atoms with Crippen molar-refractivity contribution in [3.8, 4) is 5.75 Å². The summed E-state index contributed by atoms with van der Waals surface area (Å²) in [5.74, 6) is 0.397. The van der Waals surface area contributed by atoms with Crippen LogP contribution < -0.4 is 10.1 Å².